The summed E-state index contributed by atoms with van der Waals surface area (Å²) in [6.45, 7) is 3.91. The van der Waals surface area contributed by atoms with E-state index in [1.807, 2.05) is 19.9 Å². The standard InChI is InChI=1S/C12H15IN2O3/c1-12(2)10(6-11(12)16)14-8-4-3-7(13)5-9(8)15(17)18/h3-5,10-11,14,16H,6H2,1-2H3. The maximum atomic E-state index is 11.0. The molecule has 2 N–H and O–H groups in total. The second-order valence-electron chi connectivity index (χ2n) is 5.19. The van der Waals surface area contributed by atoms with Crippen LogP contribution in [-0.4, -0.2) is 22.2 Å². The fourth-order valence-electron chi connectivity index (χ4n) is 2.11. The molecule has 1 aliphatic carbocycles. The summed E-state index contributed by atoms with van der Waals surface area (Å²) in [6.07, 6.45) is 0.272. The van der Waals surface area contributed by atoms with Crippen LogP contribution in [0.3, 0.4) is 0 Å². The van der Waals surface area contributed by atoms with Gasteiger partial charge in [0.05, 0.1) is 11.0 Å². The molecular formula is C12H15IN2O3. The zero-order valence-electron chi connectivity index (χ0n) is 10.2. The molecule has 0 aliphatic heterocycles. The molecule has 0 radical (unpaired) electrons. The smallest absolute Gasteiger partial charge is 0.293 e. The molecule has 0 amide bonds. The van der Waals surface area contributed by atoms with Crippen LogP contribution >= 0.6 is 22.6 Å². The van der Waals surface area contributed by atoms with E-state index in [9.17, 15) is 15.2 Å². The first-order chi connectivity index (χ1) is 8.32. The summed E-state index contributed by atoms with van der Waals surface area (Å²) in [5, 5.41) is 23.8. The molecule has 1 saturated carbocycles. The number of benzene rings is 1. The molecule has 1 aromatic rings. The first-order valence-electron chi connectivity index (χ1n) is 5.71. The fourth-order valence-corrected chi connectivity index (χ4v) is 2.59. The molecule has 2 atom stereocenters. The van der Waals surface area contributed by atoms with Gasteiger partial charge in [-0.15, -0.1) is 0 Å². The van der Waals surface area contributed by atoms with Gasteiger partial charge < -0.3 is 10.4 Å². The van der Waals surface area contributed by atoms with Gasteiger partial charge in [0.25, 0.3) is 5.69 Å². The van der Waals surface area contributed by atoms with Crippen LogP contribution in [0.1, 0.15) is 20.3 Å². The van der Waals surface area contributed by atoms with E-state index in [1.54, 1.807) is 12.1 Å². The van der Waals surface area contributed by atoms with Gasteiger partial charge in [0.15, 0.2) is 0 Å². The summed E-state index contributed by atoms with van der Waals surface area (Å²) in [7, 11) is 0. The van der Waals surface area contributed by atoms with Crippen molar-refractivity contribution >= 4 is 34.0 Å². The molecule has 0 bridgehead atoms. The summed E-state index contributed by atoms with van der Waals surface area (Å²) >= 11 is 2.05. The van der Waals surface area contributed by atoms with Crippen LogP contribution < -0.4 is 5.32 Å². The number of hydrogen-bond donors (Lipinski definition) is 2. The van der Waals surface area contributed by atoms with E-state index in [0.29, 0.717) is 12.1 Å². The summed E-state index contributed by atoms with van der Waals surface area (Å²) in [5.74, 6) is 0. The highest BCUT2D eigenvalue weighted by atomic mass is 127. The molecule has 1 aliphatic rings. The maximum absolute atomic E-state index is 11.0. The quantitative estimate of drug-likeness (QED) is 0.493. The number of nitrogens with zero attached hydrogens (tertiary/aromatic N) is 1. The van der Waals surface area contributed by atoms with E-state index in [1.165, 1.54) is 0 Å². The van der Waals surface area contributed by atoms with Gasteiger partial charge in [-0.25, -0.2) is 0 Å². The van der Waals surface area contributed by atoms with E-state index in [0.717, 1.165) is 3.57 Å². The van der Waals surface area contributed by atoms with E-state index in [-0.39, 0.29) is 28.2 Å². The molecule has 2 unspecified atom stereocenters. The van der Waals surface area contributed by atoms with Gasteiger partial charge in [-0.05, 0) is 41.1 Å². The molecule has 0 aromatic heterocycles. The molecule has 2 rings (SSSR count). The summed E-state index contributed by atoms with van der Waals surface area (Å²) in [4.78, 5) is 10.6. The average molecular weight is 362 g/mol. The molecule has 5 nitrogen and oxygen atoms in total. The Bertz CT molecular complexity index is 490. The van der Waals surface area contributed by atoms with Crippen molar-refractivity contribution < 1.29 is 10.0 Å². The highest BCUT2D eigenvalue weighted by Crippen LogP contribution is 2.43. The Morgan fingerprint density at radius 3 is 2.72 bits per heavy atom. The third kappa shape index (κ3) is 2.31. The Balaban J connectivity index is 2.23. The van der Waals surface area contributed by atoms with E-state index in [4.69, 9.17) is 0 Å². The molecule has 18 heavy (non-hydrogen) atoms. The van der Waals surface area contributed by atoms with Crippen LogP contribution in [0.15, 0.2) is 18.2 Å². The minimum Gasteiger partial charge on any atom is -0.392 e. The predicted molar refractivity (Wildman–Crippen MR) is 77.6 cm³/mol. The van der Waals surface area contributed by atoms with Gasteiger partial charge >= 0.3 is 0 Å². The van der Waals surface area contributed by atoms with Gasteiger partial charge in [-0.2, -0.15) is 0 Å². The zero-order chi connectivity index (χ0) is 13.5. The molecule has 98 valence electrons. The van der Waals surface area contributed by atoms with Crippen molar-refractivity contribution in [3.63, 3.8) is 0 Å². The van der Waals surface area contributed by atoms with Crippen molar-refractivity contribution in [3.05, 3.63) is 31.9 Å². The topological polar surface area (TPSA) is 75.4 Å². The SMILES string of the molecule is CC1(C)C(O)CC1Nc1ccc(I)cc1[N+](=O)[O-]. The van der Waals surface area contributed by atoms with Gasteiger partial charge in [0.1, 0.15) is 5.69 Å². The first kappa shape index (κ1) is 13.5. The third-order valence-corrected chi connectivity index (χ3v) is 4.37. The summed E-state index contributed by atoms with van der Waals surface area (Å²) in [5.41, 5.74) is 0.348. The largest absolute Gasteiger partial charge is 0.392 e. The lowest BCUT2D eigenvalue weighted by Gasteiger charge is -2.49. The fraction of sp³-hybridized carbons (Fsp3) is 0.500. The Labute approximate surface area is 119 Å². The Kier molecular flexibility index (Phi) is 3.50. The lowest BCUT2D eigenvalue weighted by atomic mass is 9.64. The van der Waals surface area contributed by atoms with Crippen LogP contribution in [0.5, 0.6) is 0 Å². The van der Waals surface area contributed by atoms with Crippen molar-refractivity contribution in [1.29, 1.82) is 0 Å². The third-order valence-electron chi connectivity index (χ3n) is 3.70. The van der Waals surface area contributed by atoms with Crippen molar-refractivity contribution in [1.82, 2.24) is 0 Å². The minimum absolute atomic E-state index is 0.0614. The normalized spacial score (nSPS) is 25.3. The highest BCUT2D eigenvalue weighted by Gasteiger charge is 2.47. The van der Waals surface area contributed by atoms with E-state index < -0.39 is 0 Å². The second kappa shape index (κ2) is 4.65. The number of aliphatic hydroxyl groups excluding tert-OH is 1. The number of halogens is 1. The average Bonchev–Trinajstić information content (AvgIpc) is 2.30. The number of nitro groups is 1. The van der Waals surface area contributed by atoms with Crippen LogP contribution in [0.25, 0.3) is 0 Å². The van der Waals surface area contributed by atoms with E-state index >= 15 is 0 Å². The van der Waals surface area contributed by atoms with Crippen molar-refractivity contribution in [2.45, 2.75) is 32.4 Å². The first-order valence-corrected chi connectivity index (χ1v) is 6.79. The van der Waals surface area contributed by atoms with Crippen molar-refractivity contribution in [3.8, 4) is 0 Å². The Morgan fingerprint density at radius 2 is 2.22 bits per heavy atom. The Hall–Kier alpha value is -0.890. The second-order valence-corrected chi connectivity index (χ2v) is 6.43. The van der Waals surface area contributed by atoms with Gasteiger partial charge in [0.2, 0.25) is 0 Å². The van der Waals surface area contributed by atoms with Crippen molar-refractivity contribution in [2.24, 2.45) is 5.41 Å². The van der Waals surface area contributed by atoms with Crippen LogP contribution in [0, 0.1) is 19.1 Å². The molecule has 1 aromatic carbocycles. The molecule has 6 heteroatoms. The molecule has 1 fully saturated rings. The molecule has 0 saturated heterocycles. The number of nitro benzene ring substituents is 1. The van der Waals surface area contributed by atoms with Crippen molar-refractivity contribution in [2.75, 3.05) is 5.32 Å². The molecule has 0 heterocycles. The summed E-state index contributed by atoms with van der Waals surface area (Å²) in [6, 6.07) is 5.16. The van der Waals surface area contributed by atoms with Crippen LogP contribution in [0.2, 0.25) is 0 Å². The number of hydrogen-bond acceptors (Lipinski definition) is 4. The van der Waals surface area contributed by atoms with Gasteiger partial charge in [0, 0.05) is 21.1 Å². The minimum atomic E-state index is -0.382. The lowest BCUT2D eigenvalue weighted by Crippen LogP contribution is -2.56. The molecular weight excluding hydrogens is 347 g/mol. The van der Waals surface area contributed by atoms with Gasteiger partial charge in [-0.3, -0.25) is 10.1 Å². The predicted octanol–water partition coefficient (Wildman–Crippen LogP) is 2.77. The van der Waals surface area contributed by atoms with Gasteiger partial charge in [-0.1, -0.05) is 13.8 Å². The maximum Gasteiger partial charge on any atom is 0.293 e. The Morgan fingerprint density at radius 1 is 1.56 bits per heavy atom. The van der Waals surface area contributed by atoms with Crippen LogP contribution in [-0.2, 0) is 0 Å². The monoisotopic (exact) mass is 362 g/mol. The summed E-state index contributed by atoms with van der Waals surface area (Å²) < 4.78 is 0.831. The lowest BCUT2D eigenvalue weighted by molar-refractivity contribution is -0.384. The van der Waals surface area contributed by atoms with E-state index in [2.05, 4.69) is 27.9 Å². The number of anilines is 1. The number of rotatable bonds is 3. The van der Waals surface area contributed by atoms with Crippen LogP contribution in [0.4, 0.5) is 11.4 Å². The number of nitrogens with one attached hydrogen (secondary N) is 1. The number of aliphatic hydroxyl groups is 1. The highest BCUT2D eigenvalue weighted by molar-refractivity contribution is 14.1. The zero-order valence-corrected chi connectivity index (χ0v) is 12.3. The molecule has 0 spiro atoms.